The van der Waals surface area contributed by atoms with E-state index in [-0.39, 0.29) is 11.8 Å². The van der Waals surface area contributed by atoms with E-state index < -0.39 is 0 Å². The van der Waals surface area contributed by atoms with E-state index in [1.807, 2.05) is 0 Å². The summed E-state index contributed by atoms with van der Waals surface area (Å²) < 4.78 is 0.873. The molecule has 286 valence electrons. The number of amides is 2. The van der Waals surface area contributed by atoms with E-state index in [0.717, 1.165) is 50.0 Å². The Balaban J connectivity index is 3.58. The van der Waals surface area contributed by atoms with Crippen LogP contribution in [0.3, 0.4) is 0 Å². The van der Waals surface area contributed by atoms with Crippen molar-refractivity contribution in [3.8, 4) is 0 Å². The van der Waals surface area contributed by atoms with Crippen LogP contribution >= 0.6 is 0 Å². The third-order valence-corrected chi connectivity index (χ3v) is 10.7. The molecule has 0 aliphatic heterocycles. The highest BCUT2D eigenvalue weighted by Crippen LogP contribution is 2.15. The second-order valence-electron chi connectivity index (χ2n) is 15.5. The molecule has 0 aromatic carbocycles. The number of hydrogen-bond acceptors (Lipinski definition) is 2. The third kappa shape index (κ3) is 34.8. The van der Waals surface area contributed by atoms with Crippen LogP contribution in [-0.4, -0.2) is 56.1 Å². The average Bonchev–Trinajstić information content (AvgIpc) is 3.08. The van der Waals surface area contributed by atoms with Gasteiger partial charge in [-0.2, -0.15) is 0 Å². The molecule has 5 heteroatoms. The van der Waals surface area contributed by atoms with Crippen molar-refractivity contribution in [3.63, 3.8) is 0 Å². The van der Waals surface area contributed by atoms with Crippen molar-refractivity contribution in [2.24, 2.45) is 0 Å². The maximum absolute atomic E-state index is 12.4. The molecule has 0 bridgehead atoms. The van der Waals surface area contributed by atoms with Crippen LogP contribution in [0.25, 0.3) is 0 Å². The Labute approximate surface area is 301 Å². The van der Waals surface area contributed by atoms with Gasteiger partial charge in [-0.25, -0.2) is 0 Å². The summed E-state index contributed by atoms with van der Waals surface area (Å²) in [6, 6.07) is 0. The van der Waals surface area contributed by atoms with E-state index in [4.69, 9.17) is 0 Å². The van der Waals surface area contributed by atoms with Crippen molar-refractivity contribution in [2.75, 3.05) is 39.8 Å². The second-order valence-corrected chi connectivity index (χ2v) is 15.5. The van der Waals surface area contributed by atoms with Gasteiger partial charge in [0.15, 0.2) is 0 Å². The lowest BCUT2D eigenvalue weighted by atomic mass is 10.0. The summed E-state index contributed by atoms with van der Waals surface area (Å²) in [4.78, 5) is 24.7. The Morgan fingerprint density at radius 2 is 0.604 bits per heavy atom. The highest BCUT2D eigenvalue weighted by Gasteiger charge is 2.19. The quantitative estimate of drug-likeness (QED) is 0.0502. The molecule has 0 heterocycles. The van der Waals surface area contributed by atoms with Crippen LogP contribution in [0.2, 0.25) is 0 Å². The maximum Gasteiger partial charge on any atom is 0.220 e. The van der Waals surface area contributed by atoms with Crippen molar-refractivity contribution in [2.45, 2.75) is 226 Å². The number of nitrogens with one attached hydrogen (secondary N) is 2. The van der Waals surface area contributed by atoms with E-state index >= 15 is 0 Å². The molecule has 0 aliphatic rings. The summed E-state index contributed by atoms with van der Waals surface area (Å²) in [7, 11) is 2.24. The zero-order chi connectivity index (χ0) is 35.2. The smallest absolute Gasteiger partial charge is 0.220 e. The van der Waals surface area contributed by atoms with Gasteiger partial charge in [-0.05, 0) is 19.8 Å². The van der Waals surface area contributed by atoms with E-state index in [1.54, 1.807) is 0 Å². The number of likely N-dealkylation sites (N-methyl/N-ethyl adjacent to an activating group) is 1. The Hall–Kier alpha value is -1.10. The third-order valence-electron chi connectivity index (χ3n) is 10.7. The lowest BCUT2D eigenvalue weighted by Gasteiger charge is -2.33. The lowest BCUT2D eigenvalue weighted by molar-refractivity contribution is -0.905. The van der Waals surface area contributed by atoms with E-state index in [9.17, 15) is 9.59 Å². The predicted octanol–water partition coefficient (Wildman–Crippen LogP) is 12.2. The molecule has 0 spiro atoms. The van der Waals surface area contributed by atoms with E-state index in [0.29, 0.717) is 12.8 Å². The molecule has 0 saturated carbocycles. The normalized spacial score (nSPS) is 11.7. The summed E-state index contributed by atoms with van der Waals surface area (Å²) in [6.07, 6.45) is 41.8. The first-order valence-electron chi connectivity index (χ1n) is 21.8. The highest BCUT2D eigenvalue weighted by atomic mass is 16.2. The minimum atomic E-state index is 0.198. The number of unbranched alkanes of at least 4 members (excludes halogenated alkanes) is 28. The summed E-state index contributed by atoms with van der Waals surface area (Å²) in [5.74, 6) is 0.397. The molecule has 0 radical (unpaired) electrons. The summed E-state index contributed by atoms with van der Waals surface area (Å²) >= 11 is 0. The molecule has 0 rings (SSSR count). The zero-order valence-electron chi connectivity index (χ0n) is 33.4. The molecule has 5 nitrogen and oxygen atoms in total. The fourth-order valence-corrected chi connectivity index (χ4v) is 6.85. The van der Waals surface area contributed by atoms with Gasteiger partial charge in [-0.15, -0.1) is 0 Å². The van der Waals surface area contributed by atoms with Crippen LogP contribution < -0.4 is 10.6 Å². The van der Waals surface area contributed by atoms with E-state index in [2.05, 4.69) is 38.5 Å². The van der Waals surface area contributed by atoms with Gasteiger partial charge in [-0.1, -0.05) is 194 Å². The lowest BCUT2D eigenvalue weighted by Crippen LogP contribution is -2.52. The number of quaternary nitrogens is 1. The van der Waals surface area contributed by atoms with Gasteiger partial charge >= 0.3 is 0 Å². The molecule has 48 heavy (non-hydrogen) atoms. The van der Waals surface area contributed by atoms with Gasteiger partial charge in [-0.3, -0.25) is 9.59 Å². The van der Waals surface area contributed by atoms with Crippen LogP contribution in [0.5, 0.6) is 0 Å². The zero-order valence-corrected chi connectivity index (χ0v) is 33.4. The van der Waals surface area contributed by atoms with Crippen LogP contribution in [0.1, 0.15) is 226 Å². The number of carbonyl (C=O) groups is 2. The number of nitrogens with zero attached hydrogens (tertiary/aromatic N) is 1. The molecule has 0 aliphatic carbocycles. The molecule has 0 saturated heterocycles. The van der Waals surface area contributed by atoms with Gasteiger partial charge < -0.3 is 15.1 Å². The first-order chi connectivity index (χ1) is 23.5. The molecule has 2 amide bonds. The minimum absolute atomic E-state index is 0.198. The van der Waals surface area contributed by atoms with Crippen LogP contribution in [0.15, 0.2) is 0 Å². The summed E-state index contributed by atoms with van der Waals surface area (Å²) in [5, 5.41) is 6.30. The topological polar surface area (TPSA) is 58.2 Å². The Bertz CT molecular complexity index is 631. The minimum Gasteiger partial charge on any atom is -0.350 e. The van der Waals surface area contributed by atoms with Crippen LogP contribution in [-0.2, 0) is 9.59 Å². The molecular formula is C43H88N3O2+. The molecule has 0 fully saturated rings. The average molecular weight is 679 g/mol. The van der Waals surface area contributed by atoms with Crippen molar-refractivity contribution in [3.05, 3.63) is 0 Å². The van der Waals surface area contributed by atoms with Gasteiger partial charge in [0, 0.05) is 12.8 Å². The van der Waals surface area contributed by atoms with Gasteiger partial charge in [0.2, 0.25) is 11.8 Å². The van der Waals surface area contributed by atoms with Gasteiger partial charge in [0.1, 0.15) is 0 Å². The van der Waals surface area contributed by atoms with Crippen molar-refractivity contribution in [1.82, 2.24) is 10.6 Å². The van der Waals surface area contributed by atoms with Crippen molar-refractivity contribution >= 4 is 11.8 Å². The Morgan fingerprint density at radius 3 is 0.833 bits per heavy atom. The molecule has 0 unspecified atom stereocenters. The Kier molecular flexibility index (Phi) is 36.3. The molecule has 2 N–H and O–H groups in total. The second kappa shape index (κ2) is 37.2. The standard InChI is InChI=1S/C43H87N3O2/c1-5-8-10-12-14-16-18-20-22-24-26-28-30-32-34-36-42(47)44-38-40-46(4,7-3)41-39-45-43(48)37-35-33-31-29-27-25-23-21-19-17-15-13-11-9-6-2/h5-41H2,1-4H3,(H-,44,45,47,48)/p+1. The summed E-state index contributed by atoms with van der Waals surface area (Å²) in [5.41, 5.74) is 0. The maximum atomic E-state index is 12.4. The monoisotopic (exact) mass is 679 g/mol. The number of carbonyl (C=O) groups excluding carboxylic acids is 2. The summed E-state index contributed by atoms with van der Waals surface area (Å²) in [6.45, 7) is 11.0. The van der Waals surface area contributed by atoms with Crippen molar-refractivity contribution in [1.29, 1.82) is 0 Å². The van der Waals surface area contributed by atoms with Crippen LogP contribution in [0.4, 0.5) is 0 Å². The molecule has 0 aromatic rings. The fraction of sp³-hybridized carbons (Fsp3) is 0.953. The van der Waals surface area contributed by atoms with Gasteiger partial charge in [0.25, 0.3) is 0 Å². The highest BCUT2D eigenvalue weighted by molar-refractivity contribution is 5.76. The SMILES string of the molecule is CCCCCCCCCCCCCCCCCC(=O)NCC[N+](C)(CC)CCNC(=O)CCCCCCCCCCCCCCCCC. The van der Waals surface area contributed by atoms with E-state index in [1.165, 1.54) is 180 Å². The molecular weight excluding hydrogens is 590 g/mol. The molecule has 0 aromatic heterocycles. The number of rotatable bonds is 39. The van der Waals surface area contributed by atoms with Crippen LogP contribution in [0, 0.1) is 0 Å². The van der Waals surface area contributed by atoms with Crippen molar-refractivity contribution < 1.29 is 14.1 Å². The number of hydrogen-bond donors (Lipinski definition) is 2. The molecule has 0 atom stereocenters. The largest absolute Gasteiger partial charge is 0.350 e. The first-order valence-corrected chi connectivity index (χ1v) is 21.8. The fourth-order valence-electron chi connectivity index (χ4n) is 6.85. The predicted molar refractivity (Wildman–Crippen MR) is 212 cm³/mol. The first kappa shape index (κ1) is 46.9. The van der Waals surface area contributed by atoms with Gasteiger partial charge in [0.05, 0.1) is 39.8 Å². The Morgan fingerprint density at radius 1 is 0.375 bits per heavy atom.